The van der Waals surface area contributed by atoms with Crippen molar-refractivity contribution in [3.63, 3.8) is 0 Å². The van der Waals surface area contributed by atoms with E-state index in [4.69, 9.17) is 9.47 Å². The highest BCUT2D eigenvalue weighted by atomic mass is 32.1. The smallest absolute Gasteiger partial charge is 0.351 e. The summed E-state index contributed by atoms with van der Waals surface area (Å²) < 4.78 is 10.5. The highest BCUT2D eigenvalue weighted by Crippen LogP contribution is 2.30. The standard InChI is InChI=1S/C22H22N2O4S/c1-13-6-5-7-17(12-13)24-20(25)15(3)28-22(26)19-14(2)23-21(29-19)16-8-10-18(27-4)11-9-16/h5-12,15H,1-4H3,(H,24,25)/t15-/m0/s1. The third-order valence-electron chi connectivity index (χ3n) is 4.26. The van der Waals surface area contributed by atoms with Crippen LogP contribution < -0.4 is 10.1 Å². The summed E-state index contributed by atoms with van der Waals surface area (Å²) >= 11 is 1.24. The molecule has 1 atom stereocenters. The minimum Gasteiger partial charge on any atom is -0.497 e. The number of aryl methyl sites for hydroxylation is 2. The fraction of sp³-hybridized carbons (Fsp3) is 0.227. The summed E-state index contributed by atoms with van der Waals surface area (Å²) in [5, 5.41) is 3.46. The summed E-state index contributed by atoms with van der Waals surface area (Å²) in [5.74, 6) is -0.205. The predicted molar refractivity (Wildman–Crippen MR) is 114 cm³/mol. The van der Waals surface area contributed by atoms with E-state index in [0.717, 1.165) is 16.9 Å². The van der Waals surface area contributed by atoms with Gasteiger partial charge in [-0.2, -0.15) is 0 Å². The van der Waals surface area contributed by atoms with Crippen LogP contribution in [0.25, 0.3) is 10.6 Å². The van der Waals surface area contributed by atoms with E-state index >= 15 is 0 Å². The number of thiazole rings is 1. The molecule has 0 bridgehead atoms. The summed E-state index contributed by atoms with van der Waals surface area (Å²) in [6.45, 7) is 5.23. The van der Waals surface area contributed by atoms with Crippen LogP contribution in [0, 0.1) is 13.8 Å². The van der Waals surface area contributed by atoms with Crippen LogP contribution in [0.4, 0.5) is 5.69 Å². The number of amides is 1. The number of nitrogens with zero attached hydrogens (tertiary/aromatic N) is 1. The summed E-state index contributed by atoms with van der Waals surface area (Å²) in [7, 11) is 1.60. The third kappa shape index (κ3) is 5.00. The zero-order chi connectivity index (χ0) is 21.0. The third-order valence-corrected chi connectivity index (χ3v) is 5.44. The summed E-state index contributed by atoms with van der Waals surface area (Å²) in [5.41, 5.74) is 3.13. The maximum absolute atomic E-state index is 12.6. The molecule has 0 fully saturated rings. The fourth-order valence-corrected chi connectivity index (χ4v) is 3.63. The van der Waals surface area contributed by atoms with Crippen molar-refractivity contribution >= 4 is 28.9 Å². The molecular formula is C22H22N2O4S. The highest BCUT2D eigenvalue weighted by Gasteiger charge is 2.23. The Labute approximate surface area is 173 Å². The van der Waals surface area contributed by atoms with Gasteiger partial charge in [0.15, 0.2) is 6.10 Å². The van der Waals surface area contributed by atoms with Gasteiger partial charge in [-0.25, -0.2) is 9.78 Å². The first-order chi connectivity index (χ1) is 13.9. The second kappa shape index (κ2) is 8.87. The molecule has 0 spiro atoms. The van der Waals surface area contributed by atoms with Crippen LogP contribution in [0.3, 0.4) is 0 Å². The van der Waals surface area contributed by atoms with Gasteiger partial charge < -0.3 is 14.8 Å². The van der Waals surface area contributed by atoms with Gasteiger partial charge in [0.1, 0.15) is 15.6 Å². The van der Waals surface area contributed by atoms with E-state index < -0.39 is 12.1 Å². The average molecular weight is 410 g/mol. The fourth-order valence-electron chi connectivity index (χ4n) is 2.68. The lowest BCUT2D eigenvalue weighted by molar-refractivity contribution is -0.123. The number of carbonyl (C=O) groups is 2. The Bertz CT molecular complexity index is 1030. The topological polar surface area (TPSA) is 77.5 Å². The van der Waals surface area contributed by atoms with Crippen LogP contribution in [0.2, 0.25) is 0 Å². The van der Waals surface area contributed by atoms with E-state index in [-0.39, 0.29) is 5.91 Å². The Kier molecular flexibility index (Phi) is 6.29. The van der Waals surface area contributed by atoms with E-state index in [1.807, 2.05) is 49.4 Å². The Hall–Kier alpha value is -3.19. The Morgan fingerprint density at radius 3 is 2.48 bits per heavy atom. The van der Waals surface area contributed by atoms with Gasteiger partial charge in [-0.05, 0) is 62.7 Å². The lowest BCUT2D eigenvalue weighted by Crippen LogP contribution is -2.30. The minimum atomic E-state index is -0.936. The van der Waals surface area contributed by atoms with Gasteiger partial charge in [-0.1, -0.05) is 12.1 Å². The number of ether oxygens (including phenoxy) is 2. The van der Waals surface area contributed by atoms with E-state index in [1.165, 1.54) is 11.3 Å². The van der Waals surface area contributed by atoms with Crippen LogP contribution >= 0.6 is 11.3 Å². The number of anilines is 1. The van der Waals surface area contributed by atoms with Crippen molar-refractivity contribution in [2.24, 2.45) is 0 Å². The van der Waals surface area contributed by atoms with Gasteiger partial charge in [-0.15, -0.1) is 11.3 Å². The molecule has 0 aliphatic rings. The number of esters is 1. The number of aromatic nitrogens is 1. The second-order valence-corrected chi connectivity index (χ2v) is 7.57. The van der Waals surface area contributed by atoms with Crippen molar-refractivity contribution in [1.82, 2.24) is 4.98 Å². The van der Waals surface area contributed by atoms with Crippen molar-refractivity contribution in [1.29, 1.82) is 0 Å². The largest absolute Gasteiger partial charge is 0.497 e. The first-order valence-corrected chi connectivity index (χ1v) is 9.89. The molecule has 0 aliphatic carbocycles. The van der Waals surface area contributed by atoms with Crippen LogP contribution in [-0.4, -0.2) is 30.1 Å². The lowest BCUT2D eigenvalue weighted by Gasteiger charge is -2.13. The quantitative estimate of drug-likeness (QED) is 0.600. The normalized spacial score (nSPS) is 11.6. The monoisotopic (exact) mass is 410 g/mol. The molecule has 2 aromatic carbocycles. The molecule has 1 aromatic heterocycles. The molecule has 6 nitrogen and oxygen atoms in total. The second-order valence-electron chi connectivity index (χ2n) is 6.57. The molecule has 1 N–H and O–H groups in total. The minimum absolute atomic E-state index is 0.381. The molecule has 1 heterocycles. The molecule has 0 aliphatic heterocycles. The van der Waals surface area contributed by atoms with Gasteiger partial charge in [0.25, 0.3) is 5.91 Å². The number of carbonyl (C=O) groups excluding carboxylic acids is 2. The van der Waals surface area contributed by atoms with Crippen LogP contribution in [0.5, 0.6) is 5.75 Å². The number of rotatable bonds is 6. The first kappa shape index (κ1) is 20.5. The molecule has 29 heavy (non-hydrogen) atoms. The molecule has 0 saturated heterocycles. The average Bonchev–Trinajstić information content (AvgIpc) is 3.09. The molecule has 0 radical (unpaired) electrons. The molecule has 0 unspecified atom stereocenters. The zero-order valence-corrected chi connectivity index (χ0v) is 17.5. The molecule has 1 amide bonds. The first-order valence-electron chi connectivity index (χ1n) is 9.07. The van der Waals surface area contributed by atoms with E-state index in [9.17, 15) is 9.59 Å². The molecule has 3 aromatic rings. The van der Waals surface area contributed by atoms with E-state index in [0.29, 0.717) is 21.3 Å². The molecule has 150 valence electrons. The van der Waals surface area contributed by atoms with Gasteiger partial charge in [0.2, 0.25) is 0 Å². The zero-order valence-electron chi connectivity index (χ0n) is 16.7. The van der Waals surface area contributed by atoms with Crippen LogP contribution in [0.15, 0.2) is 48.5 Å². The number of hydrogen-bond acceptors (Lipinski definition) is 6. The van der Waals surface area contributed by atoms with E-state index in [1.54, 1.807) is 27.0 Å². The van der Waals surface area contributed by atoms with Gasteiger partial charge in [0.05, 0.1) is 12.8 Å². The van der Waals surface area contributed by atoms with Crippen molar-refractivity contribution in [3.8, 4) is 16.3 Å². The molecule has 3 rings (SSSR count). The van der Waals surface area contributed by atoms with Gasteiger partial charge in [-0.3, -0.25) is 4.79 Å². The maximum Gasteiger partial charge on any atom is 0.351 e. The summed E-state index contributed by atoms with van der Waals surface area (Å²) in [6.07, 6.45) is -0.936. The summed E-state index contributed by atoms with van der Waals surface area (Å²) in [4.78, 5) is 29.8. The number of hydrogen-bond donors (Lipinski definition) is 1. The van der Waals surface area contributed by atoms with Crippen molar-refractivity contribution < 1.29 is 19.1 Å². The Morgan fingerprint density at radius 1 is 1.10 bits per heavy atom. The van der Waals surface area contributed by atoms with E-state index in [2.05, 4.69) is 10.3 Å². The molecular weight excluding hydrogens is 388 g/mol. The van der Waals surface area contributed by atoms with Crippen LogP contribution in [-0.2, 0) is 9.53 Å². The predicted octanol–water partition coefficient (Wildman–Crippen LogP) is 4.62. The number of nitrogens with one attached hydrogen (secondary N) is 1. The van der Waals surface area contributed by atoms with Crippen molar-refractivity contribution in [2.45, 2.75) is 26.9 Å². The Morgan fingerprint density at radius 2 is 1.83 bits per heavy atom. The number of methoxy groups -OCH3 is 1. The number of benzene rings is 2. The van der Waals surface area contributed by atoms with Gasteiger partial charge in [0, 0.05) is 11.3 Å². The molecule has 7 heteroatoms. The SMILES string of the molecule is COc1ccc(-c2nc(C)c(C(=O)O[C@@H](C)C(=O)Nc3cccc(C)c3)s2)cc1. The van der Waals surface area contributed by atoms with Gasteiger partial charge >= 0.3 is 5.97 Å². The maximum atomic E-state index is 12.6. The van der Waals surface area contributed by atoms with Crippen LogP contribution in [0.1, 0.15) is 27.9 Å². The van der Waals surface area contributed by atoms with Crippen molar-refractivity contribution in [2.75, 3.05) is 12.4 Å². The molecule has 0 saturated carbocycles. The van der Waals surface area contributed by atoms with Crippen molar-refractivity contribution in [3.05, 3.63) is 64.7 Å². The Balaban J connectivity index is 1.68. The highest BCUT2D eigenvalue weighted by molar-refractivity contribution is 7.17. The summed E-state index contributed by atoms with van der Waals surface area (Å²) in [6, 6.07) is 14.8. The lowest BCUT2D eigenvalue weighted by atomic mass is 10.2.